The molecule has 0 amide bonds. The van der Waals surface area contributed by atoms with Gasteiger partial charge in [-0.05, 0) is 17.7 Å². The van der Waals surface area contributed by atoms with E-state index in [4.69, 9.17) is 16.1 Å². The highest BCUT2D eigenvalue weighted by Crippen LogP contribution is 2.32. The zero-order valence-electron chi connectivity index (χ0n) is 5.91. The van der Waals surface area contributed by atoms with Crippen molar-refractivity contribution in [3.8, 4) is 11.5 Å². The van der Waals surface area contributed by atoms with Gasteiger partial charge in [-0.3, -0.25) is 0 Å². The number of rotatable bonds is 1. The first-order valence-electron chi connectivity index (χ1n) is 3.35. The molecule has 0 aliphatic carbocycles. The van der Waals surface area contributed by atoms with Gasteiger partial charge in [0.25, 0.3) is 0 Å². The predicted molar refractivity (Wildman–Crippen MR) is 41.3 cm³/mol. The fraction of sp³-hybridized carbons (Fsp3) is 0.111. The molecule has 0 saturated carbocycles. The molecule has 2 rings (SSSR count). The second-order valence-corrected chi connectivity index (χ2v) is 2.28. The smallest absolute Gasteiger partial charge is 0.231 e. The van der Waals surface area contributed by atoms with Crippen molar-refractivity contribution in [2.45, 2.75) is 0 Å². The summed E-state index contributed by atoms with van der Waals surface area (Å²) in [7, 11) is 0. The van der Waals surface area contributed by atoms with Crippen LogP contribution in [0.3, 0.4) is 0 Å². The van der Waals surface area contributed by atoms with E-state index in [9.17, 15) is 0 Å². The number of hydrogen-bond acceptors (Lipinski definition) is 2. The SMILES string of the molecule is [CH]=Cc1ccc2c(c1)OCO2. The zero-order valence-corrected chi connectivity index (χ0v) is 5.91. The molecule has 0 bridgehead atoms. The third-order valence-corrected chi connectivity index (χ3v) is 1.59. The van der Waals surface area contributed by atoms with Crippen LogP contribution in [0, 0.1) is 6.58 Å². The fourth-order valence-electron chi connectivity index (χ4n) is 1.02. The summed E-state index contributed by atoms with van der Waals surface area (Å²) in [6, 6.07) is 5.58. The standard InChI is InChI=1S/C9H7O2/c1-2-7-3-4-8-9(5-7)11-6-10-8/h1-5H,6H2. The van der Waals surface area contributed by atoms with Crippen LogP contribution in [0.2, 0.25) is 0 Å². The molecule has 0 fully saturated rings. The van der Waals surface area contributed by atoms with Crippen molar-refractivity contribution in [3.05, 3.63) is 30.3 Å². The first-order valence-corrected chi connectivity index (χ1v) is 3.35. The van der Waals surface area contributed by atoms with Gasteiger partial charge in [0.1, 0.15) is 0 Å². The molecule has 0 atom stereocenters. The molecule has 1 aromatic carbocycles. The highest BCUT2D eigenvalue weighted by Gasteiger charge is 2.11. The molecule has 2 heteroatoms. The minimum atomic E-state index is 0.309. The van der Waals surface area contributed by atoms with Crippen LogP contribution in [-0.4, -0.2) is 6.79 Å². The van der Waals surface area contributed by atoms with Gasteiger partial charge in [0.05, 0.1) is 0 Å². The Hall–Kier alpha value is -1.44. The van der Waals surface area contributed by atoms with Gasteiger partial charge in [-0.15, -0.1) is 0 Å². The normalized spacial score (nSPS) is 13.1. The minimum Gasteiger partial charge on any atom is -0.454 e. The van der Waals surface area contributed by atoms with Crippen molar-refractivity contribution in [1.29, 1.82) is 0 Å². The summed E-state index contributed by atoms with van der Waals surface area (Å²) in [5.74, 6) is 1.56. The topological polar surface area (TPSA) is 18.5 Å². The summed E-state index contributed by atoms with van der Waals surface area (Å²) in [5.41, 5.74) is 0.939. The number of fused-ring (bicyclic) bond motifs is 1. The molecule has 2 nitrogen and oxygen atoms in total. The Balaban J connectivity index is 2.48. The van der Waals surface area contributed by atoms with Crippen molar-refractivity contribution in [3.63, 3.8) is 0 Å². The number of ether oxygens (including phenoxy) is 2. The average Bonchev–Trinajstić information content (AvgIpc) is 2.50. The third kappa shape index (κ3) is 0.963. The van der Waals surface area contributed by atoms with Gasteiger partial charge >= 0.3 is 0 Å². The largest absolute Gasteiger partial charge is 0.454 e. The van der Waals surface area contributed by atoms with Gasteiger partial charge in [0.2, 0.25) is 6.79 Å². The van der Waals surface area contributed by atoms with Crippen LogP contribution in [-0.2, 0) is 0 Å². The molecule has 1 aromatic rings. The molecular weight excluding hydrogens is 140 g/mol. The van der Waals surface area contributed by atoms with Gasteiger partial charge in [-0.2, -0.15) is 0 Å². The van der Waals surface area contributed by atoms with Gasteiger partial charge in [-0.25, -0.2) is 0 Å². The van der Waals surface area contributed by atoms with E-state index in [1.165, 1.54) is 6.08 Å². The van der Waals surface area contributed by atoms with E-state index in [1.54, 1.807) is 0 Å². The van der Waals surface area contributed by atoms with E-state index >= 15 is 0 Å². The molecule has 55 valence electrons. The van der Waals surface area contributed by atoms with Crippen molar-refractivity contribution < 1.29 is 9.47 Å². The first-order chi connectivity index (χ1) is 5.40. The van der Waals surface area contributed by atoms with Crippen LogP contribution in [0.5, 0.6) is 11.5 Å². The maximum atomic E-state index is 5.32. The molecule has 11 heavy (non-hydrogen) atoms. The molecule has 0 N–H and O–H groups in total. The second-order valence-electron chi connectivity index (χ2n) is 2.28. The summed E-state index contributed by atoms with van der Waals surface area (Å²) >= 11 is 0. The van der Waals surface area contributed by atoms with Crippen molar-refractivity contribution in [1.82, 2.24) is 0 Å². The van der Waals surface area contributed by atoms with Gasteiger partial charge in [-0.1, -0.05) is 18.7 Å². The molecule has 0 unspecified atom stereocenters. The Kier molecular flexibility index (Phi) is 1.32. The second kappa shape index (κ2) is 2.31. The Morgan fingerprint density at radius 3 is 2.91 bits per heavy atom. The van der Waals surface area contributed by atoms with Crippen LogP contribution in [0.15, 0.2) is 18.2 Å². The molecular formula is C9H7O2. The van der Waals surface area contributed by atoms with E-state index in [2.05, 4.69) is 0 Å². The summed E-state index contributed by atoms with van der Waals surface area (Å²) < 4.78 is 10.3. The van der Waals surface area contributed by atoms with E-state index in [-0.39, 0.29) is 0 Å². The maximum absolute atomic E-state index is 5.32. The van der Waals surface area contributed by atoms with Crippen LogP contribution < -0.4 is 9.47 Å². The summed E-state index contributed by atoms with van der Waals surface area (Å²) in [6.07, 6.45) is 1.53. The van der Waals surface area contributed by atoms with Crippen molar-refractivity contribution >= 4 is 6.08 Å². The van der Waals surface area contributed by atoms with Crippen molar-refractivity contribution in [2.75, 3.05) is 6.79 Å². The molecule has 1 radical (unpaired) electrons. The van der Waals surface area contributed by atoms with Crippen LogP contribution in [0.1, 0.15) is 5.56 Å². The third-order valence-electron chi connectivity index (χ3n) is 1.59. The molecule has 1 aliphatic rings. The summed E-state index contributed by atoms with van der Waals surface area (Å²) in [4.78, 5) is 0. The van der Waals surface area contributed by atoms with E-state index < -0.39 is 0 Å². The van der Waals surface area contributed by atoms with Crippen molar-refractivity contribution in [2.24, 2.45) is 0 Å². The summed E-state index contributed by atoms with van der Waals surface area (Å²) in [6.45, 7) is 5.63. The average molecular weight is 147 g/mol. The Morgan fingerprint density at radius 1 is 1.27 bits per heavy atom. The maximum Gasteiger partial charge on any atom is 0.231 e. The first kappa shape index (κ1) is 6.28. The molecule has 0 aromatic heterocycles. The lowest BCUT2D eigenvalue weighted by Gasteiger charge is -1.95. The Bertz CT molecular complexity index is 292. The molecule has 1 heterocycles. The van der Waals surface area contributed by atoms with E-state index in [0.717, 1.165) is 17.1 Å². The van der Waals surface area contributed by atoms with Crippen LogP contribution in [0.25, 0.3) is 6.08 Å². The molecule has 1 aliphatic heterocycles. The number of benzene rings is 1. The predicted octanol–water partition coefficient (Wildman–Crippen LogP) is 1.86. The zero-order chi connectivity index (χ0) is 7.68. The lowest BCUT2D eigenvalue weighted by atomic mass is 10.2. The lowest BCUT2D eigenvalue weighted by Crippen LogP contribution is -1.92. The fourth-order valence-corrected chi connectivity index (χ4v) is 1.02. The quantitative estimate of drug-likeness (QED) is 0.603. The highest BCUT2D eigenvalue weighted by molar-refractivity contribution is 5.54. The lowest BCUT2D eigenvalue weighted by molar-refractivity contribution is 0.174. The highest BCUT2D eigenvalue weighted by atomic mass is 16.7. The van der Waals surface area contributed by atoms with Crippen LogP contribution in [0.4, 0.5) is 0 Å². The summed E-state index contributed by atoms with van der Waals surface area (Å²) in [5, 5.41) is 0. The monoisotopic (exact) mass is 147 g/mol. The van der Waals surface area contributed by atoms with E-state index in [0.29, 0.717) is 6.79 Å². The van der Waals surface area contributed by atoms with Gasteiger partial charge in [0, 0.05) is 0 Å². The van der Waals surface area contributed by atoms with Gasteiger partial charge in [0.15, 0.2) is 11.5 Å². The Labute approximate surface area is 65.1 Å². The van der Waals surface area contributed by atoms with Gasteiger partial charge < -0.3 is 9.47 Å². The molecule has 0 saturated heterocycles. The van der Waals surface area contributed by atoms with E-state index in [1.807, 2.05) is 18.2 Å². The van der Waals surface area contributed by atoms with Crippen LogP contribution >= 0.6 is 0 Å². The number of hydrogen-bond donors (Lipinski definition) is 0. The molecule has 0 spiro atoms. The Morgan fingerprint density at radius 2 is 2.09 bits per heavy atom. The minimum absolute atomic E-state index is 0.309.